The summed E-state index contributed by atoms with van der Waals surface area (Å²) in [6.07, 6.45) is 55.5. The lowest BCUT2D eigenvalue weighted by Crippen LogP contribution is -2.61. The van der Waals surface area contributed by atoms with Crippen molar-refractivity contribution in [2.45, 2.75) is 335 Å². The summed E-state index contributed by atoms with van der Waals surface area (Å²) in [5.41, 5.74) is -1.47. The summed E-state index contributed by atoms with van der Waals surface area (Å²) in [4.78, 5) is 41.2. The van der Waals surface area contributed by atoms with Gasteiger partial charge in [0, 0.05) is 18.9 Å². The van der Waals surface area contributed by atoms with Crippen LogP contribution in [0.5, 0.6) is 0 Å². The molecule has 0 rings (SSSR count). The van der Waals surface area contributed by atoms with Crippen LogP contribution in [0.15, 0.2) is 0 Å². The number of unbranched alkanes of at least 4 members (excludes halogenated alkanes) is 40. The van der Waals surface area contributed by atoms with Gasteiger partial charge in [-0.05, 0) is 26.2 Å². The molecule has 0 heterocycles. The van der Waals surface area contributed by atoms with Gasteiger partial charge in [-0.2, -0.15) is 0 Å². The predicted molar refractivity (Wildman–Crippen MR) is 273 cm³/mol. The van der Waals surface area contributed by atoms with Crippen LogP contribution in [0.1, 0.15) is 329 Å². The summed E-state index contributed by atoms with van der Waals surface area (Å²) in [7, 11) is 0. The Kier molecular flexibility index (Phi) is 45.7. The fourth-order valence-corrected chi connectivity index (χ4v) is 10.3. The van der Waals surface area contributed by atoms with Gasteiger partial charge < -0.3 is 15.1 Å². The molecule has 0 aromatic heterocycles. The molecular formula is C57H111NO5. The van der Waals surface area contributed by atoms with Crippen LogP contribution >= 0.6 is 0 Å². The molecule has 2 N–H and O–H groups in total. The molecule has 0 radical (unpaired) electrons. The maximum absolute atomic E-state index is 13.8. The summed E-state index contributed by atoms with van der Waals surface area (Å²) in [5.74, 6) is -2.69. The van der Waals surface area contributed by atoms with Gasteiger partial charge in [0.1, 0.15) is 5.54 Å². The third kappa shape index (κ3) is 35.3. The molecule has 0 aliphatic heterocycles. The molecule has 374 valence electrons. The van der Waals surface area contributed by atoms with Crippen LogP contribution in [0, 0.1) is 5.92 Å². The third-order valence-electron chi connectivity index (χ3n) is 14.4. The first-order chi connectivity index (χ1) is 30.8. The Labute approximate surface area is 393 Å². The smallest absolute Gasteiger partial charge is 0.329 e. The number of carboxylic acids is 2. The van der Waals surface area contributed by atoms with Gasteiger partial charge in [0.15, 0.2) is 0 Å². The second-order valence-electron chi connectivity index (χ2n) is 20.1. The topological polar surface area (TPSA) is 94.9 Å². The average molecular weight is 891 g/mol. The number of rotatable bonds is 52. The van der Waals surface area contributed by atoms with Crippen LogP contribution in [-0.2, 0) is 14.4 Å². The van der Waals surface area contributed by atoms with Gasteiger partial charge in [0.25, 0.3) is 0 Å². The highest BCUT2D eigenvalue weighted by Crippen LogP contribution is 2.38. The average Bonchev–Trinajstić information content (AvgIpc) is 3.26. The van der Waals surface area contributed by atoms with Gasteiger partial charge in [-0.1, -0.05) is 290 Å². The van der Waals surface area contributed by atoms with E-state index in [0.717, 1.165) is 57.8 Å². The molecule has 0 spiro atoms. The molecule has 1 unspecified atom stereocenters. The van der Waals surface area contributed by atoms with Crippen molar-refractivity contribution in [1.82, 2.24) is 4.90 Å². The molecule has 0 aliphatic carbocycles. The zero-order valence-electron chi connectivity index (χ0n) is 43.1. The fourth-order valence-electron chi connectivity index (χ4n) is 10.3. The van der Waals surface area contributed by atoms with E-state index in [0.29, 0.717) is 32.2 Å². The van der Waals surface area contributed by atoms with Crippen molar-refractivity contribution in [1.29, 1.82) is 0 Å². The van der Waals surface area contributed by atoms with Crippen LogP contribution in [0.25, 0.3) is 0 Å². The molecular weight excluding hydrogens is 779 g/mol. The number of carbonyl (C=O) groups is 3. The summed E-state index contributed by atoms with van der Waals surface area (Å²) in [6, 6.07) is 0. The molecule has 0 fully saturated rings. The maximum atomic E-state index is 13.8. The number of amides is 1. The molecule has 6 heteroatoms. The lowest BCUT2D eigenvalue weighted by molar-refractivity contribution is -0.167. The van der Waals surface area contributed by atoms with Crippen LogP contribution < -0.4 is 0 Å². The first-order valence-electron chi connectivity index (χ1n) is 28.6. The SMILES string of the molecule is CCCCCCCCCCCCCCCCCCCCCCC(CC(=O)O)[C@@](CCCCCCCCCCCCCCCCCCCCCC)(C(=O)O)N(CC)C(=O)CCCCC. The Morgan fingerprint density at radius 1 is 0.381 bits per heavy atom. The van der Waals surface area contributed by atoms with E-state index in [9.17, 15) is 24.6 Å². The van der Waals surface area contributed by atoms with Crippen molar-refractivity contribution < 1.29 is 24.6 Å². The number of carbonyl (C=O) groups excluding carboxylic acids is 1. The lowest BCUT2D eigenvalue weighted by atomic mass is 9.73. The number of hydrogen-bond acceptors (Lipinski definition) is 3. The van der Waals surface area contributed by atoms with Crippen molar-refractivity contribution in [2.75, 3.05) is 6.54 Å². The van der Waals surface area contributed by atoms with Crippen LogP contribution in [-0.4, -0.2) is 45.0 Å². The van der Waals surface area contributed by atoms with E-state index in [2.05, 4.69) is 20.8 Å². The largest absolute Gasteiger partial charge is 0.481 e. The van der Waals surface area contributed by atoms with Crippen molar-refractivity contribution in [3.63, 3.8) is 0 Å². The molecule has 0 saturated carbocycles. The molecule has 2 atom stereocenters. The minimum absolute atomic E-state index is 0.125. The summed E-state index contributed by atoms with van der Waals surface area (Å²) in [6.45, 7) is 8.85. The van der Waals surface area contributed by atoms with Gasteiger partial charge in [0.05, 0.1) is 6.42 Å². The highest BCUT2D eigenvalue weighted by Gasteiger charge is 2.51. The predicted octanol–water partition coefficient (Wildman–Crippen LogP) is 18.8. The molecule has 1 amide bonds. The number of carboxylic acid groups (broad SMARTS) is 2. The third-order valence-corrected chi connectivity index (χ3v) is 14.4. The van der Waals surface area contributed by atoms with E-state index >= 15 is 0 Å². The Bertz CT molecular complexity index is 1000. The van der Waals surface area contributed by atoms with E-state index in [4.69, 9.17) is 0 Å². The molecule has 0 aromatic carbocycles. The Morgan fingerprint density at radius 2 is 0.651 bits per heavy atom. The zero-order valence-corrected chi connectivity index (χ0v) is 43.1. The zero-order chi connectivity index (χ0) is 46.3. The van der Waals surface area contributed by atoms with Gasteiger partial charge in [0.2, 0.25) is 5.91 Å². The lowest BCUT2D eigenvalue weighted by Gasteiger charge is -2.45. The minimum Gasteiger partial charge on any atom is -0.481 e. The van der Waals surface area contributed by atoms with E-state index in [-0.39, 0.29) is 12.3 Å². The van der Waals surface area contributed by atoms with Gasteiger partial charge in [-0.15, -0.1) is 0 Å². The highest BCUT2D eigenvalue weighted by atomic mass is 16.4. The number of aliphatic carboxylic acids is 2. The van der Waals surface area contributed by atoms with Crippen LogP contribution in [0.3, 0.4) is 0 Å². The van der Waals surface area contributed by atoms with Gasteiger partial charge >= 0.3 is 11.9 Å². The summed E-state index contributed by atoms with van der Waals surface area (Å²) >= 11 is 0. The summed E-state index contributed by atoms with van der Waals surface area (Å²) < 4.78 is 0. The molecule has 0 aliphatic rings. The van der Waals surface area contributed by atoms with Crippen molar-refractivity contribution >= 4 is 17.8 Å². The second kappa shape index (κ2) is 46.9. The van der Waals surface area contributed by atoms with Gasteiger partial charge in [-0.25, -0.2) is 4.79 Å². The van der Waals surface area contributed by atoms with E-state index in [1.54, 1.807) is 4.90 Å². The van der Waals surface area contributed by atoms with Crippen LogP contribution in [0.4, 0.5) is 0 Å². The van der Waals surface area contributed by atoms with Crippen molar-refractivity contribution in [2.24, 2.45) is 5.92 Å². The van der Waals surface area contributed by atoms with Gasteiger partial charge in [-0.3, -0.25) is 9.59 Å². The normalized spacial score (nSPS) is 13.0. The highest BCUT2D eigenvalue weighted by molar-refractivity contribution is 5.88. The standard InChI is InChI=1S/C57H111NO5/c1-5-9-12-14-16-18-20-22-24-26-28-30-32-34-36-38-40-42-44-47-49-53(52-55(60)61)57(56(62)63,58(8-4)54(59)50-46-11-7-3)51-48-45-43-41-39-37-35-33-31-29-27-25-23-21-19-17-15-13-10-6-2/h53H,5-52H2,1-4H3,(H,60,61)(H,62,63)/t53?,57-/m0/s1. The quantitative estimate of drug-likeness (QED) is 0.0593. The van der Waals surface area contributed by atoms with E-state index in [1.807, 2.05) is 6.92 Å². The number of nitrogens with zero attached hydrogens (tertiary/aromatic N) is 1. The van der Waals surface area contributed by atoms with Crippen molar-refractivity contribution in [3.05, 3.63) is 0 Å². The maximum Gasteiger partial charge on any atom is 0.329 e. The van der Waals surface area contributed by atoms with Crippen molar-refractivity contribution in [3.8, 4) is 0 Å². The monoisotopic (exact) mass is 890 g/mol. The first-order valence-corrected chi connectivity index (χ1v) is 28.6. The Hall–Kier alpha value is -1.59. The second-order valence-corrected chi connectivity index (χ2v) is 20.1. The Morgan fingerprint density at radius 3 is 0.921 bits per heavy atom. The minimum atomic E-state index is -1.47. The van der Waals surface area contributed by atoms with E-state index in [1.165, 1.54) is 212 Å². The molecule has 0 aromatic rings. The summed E-state index contributed by atoms with van der Waals surface area (Å²) in [5, 5.41) is 21.2. The van der Waals surface area contributed by atoms with E-state index < -0.39 is 23.4 Å². The number of likely N-dealkylation sites (N-methyl/N-ethyl adjacent to an activating group) is 1. The molecule has 63 heavy (non-hydrogen) atoms. The molecule has 6 nitrogen and oxygen atoms in total. The molecule has 0 bridgehead atoms. The fraction of sp³-hybridized carbons (Fsp3) is 0.947. The first kappa shape index (κ1) is 61.4. The Balaban J connectivity index is 4.72. The molecule has 0 saturated heterocycles. The van der Waals surface area contributed by atoms with Crippen LogP contribution in [0.2, 0.25) is 0 Å². The number of hydrogen-bond donors (Lipinski definition) is 2.